The number of halogens is 3. The van der Waals surface area contributed by atoms with Crippen LogP contribution in [0.15, 0.2) is 61.3 Å². The van der Waals surface area contributed by atoms with Crippen molar-refractivity contribution in [3.8, 4) is 11.4 Å². The second kappa shape index (κ2) is 6.70. The Balaban J connectivity index is 1.64. The van der Waals surface area contributed by atoms with E-state index < -0.39 is 11.7 Å². The number of carbonyl (C=O) groups is 1. The molecule has 0 radical (unpaired) electrons. The molecule has 1 aliphatic heterocycles. The Kier molecular flexibility index (Phi) is 4.33. The smallest absolute Gasteiger partial charge is 0.351 e. The first kappa shape index (κ1) is 18.1. The van der Waals surface area contributed by atoms with Gasteiger partial charge in [0, 0.05) is 24.8 Å². The summed E-state index contributed by atoms with van der Waals surface area (Å²) in [6.45, 7) is 4.65. The Morgan fingerprint density at radius 1 is 1.18 bits per heavy atom. The van der Waals surface area contributed by atoms with Gasteiger partial charge in [-0.2, -0.15) is 13.2 Å². The number of imidazole rings is 1. The molecule has 4 rings (SSSR count). The lowest BCUT2D eigenvalue weighted by Crippen LogP contribution is -2.59. The molecule has 0 unspecified atom stereocenters. The average Bonchev–Trinajstić information content (AvgIpc) is 3.03. The van der Waals surface area contributed by atoms with Crippen molar-refractivity contribution >= 4 is 17.2 Å². The Bertz CT molecular complexity index is 1030. The van der Waals surface area contributed by atoms with Gasteiger partial charge in [0.25, 0.3) is 0 Å². The van der Waals surface area contributed by atoms with Crippen molar-refractivity contribution in [2.24, 2.45) is 0 Å². The van der Waals surface area contributed by atoms with Crippen molar-refractivity contribution in [3.05, 3.63) is 66.9 Å². The van der Waals surface area contributed by atoms with E-state index in [-0.39, 0.29) is 11.9 Å². The highest BCUT2D eigenvalue weighted by Crippen LogP contribution is 2.33. The maximum absolute atomic E-state index is 12.8. The van der Waals surface area contributed by atoms with Crippen LogP contribution in [0.4, 0.5) is 19.0 Å². The highest BCUT2D eigenvalue weighted by atomic mass is 19.4. The SMILES string of the molecule is C=CC(=O)NC1CN(c2nc(-c3ccc(C(F)(F)F)cc3)n3ccccc23)C1. The molecule has 0 aliphatic carbocycles. The van der Waals surface area contributed by atoms with Gasteiger partial charge in [0.15, 0.2) is 5.82 Å². The van der Waals surface area contributed by atoms with Gasteiger partial charge in [0.1, 0.15) is 5.82 Å². The summed E-state index contributed by atoms with van der Waals surface area (Å²) in [4.78, 5) is 18.1. The van der Waals surface area contributed by atoms with E-state index in [0.717, 1.165) is 23.5 Å². The number of hydrogen-bond acceptors (Lipinski definition) is 3. The fourth-order valence-corrected chi connectivity index (χ4v) is 3.27. The number of carbonyl (C=O) groups excluding carboxylic acids is 1. The van der Waals surface area contributed by atoms with Crippen LogP contribution in [0.5, 0.6) is 0 Å². The quantitative estimate of drug-likeness (QED) is 0.698. The van der Waals surface area contributed by atoms with Crippen molar-refractivity contribution in [2.75, 3.05) is 18.0 Å². The van der Waals surface area contributed by atoms with Gasteiger partial charge in [-0.15, -0.1) is 0 Å². The minimum absolute atomic E-state index is 0.0143. The third kappa shape index (κ3) is 3.21. The Hall–Kier alpha value is -3.29. The number of nitrogens with one attached hydrogen (secondary N) is 1. The monoisotopic (exact) mass is 386 g/mol. The first-order valence-electron chi connectivity index (χ1n) is 8.69. The van der Waals surface area contributed by atoms with Crippen LogP contribution in [0, 0.1) is 0 Å². The fraction of sp³-hybridized carbons (Fsp3) is 0.200. The third-order valence-corrected chi connectivity index (χ3v) is 4.71. The molecule has 0 spiro atoms. The van der Waals surface area contributed by atoms with Crippen LogP contribution < -0.4 is 10.2 Å². The topological polar surface area (TPSA) is 49.6 Å². The summed E-state index contributed by atoms with van der Waals surface area (Å²) in [6.07, 6.45) is -1.31. The number of amides is 1. The maximum Gasteiger partial charge on any atom is 0.416 e. The van der Waals surface area contributed by atoms with Gasteiger partial charge in [-0.3, -0.25) is 9.20 Å². The number of fused-ring (bicyclic) bond motifs is 1. The minimum atomic E-state index is -4.37. The number of rotatable bonds is 4. The Morgan fingerprint density at radius 3 is 2.54 bits per heavy atom. The first-order chi connectivity index (χ1) is 13.4. The largest absolute Gasteiger partial charge is 0.416 e. The molecule has 1 fully saturated rings. The fourth-order valence-electron chi connectivity index (χ4n) is 3.27. The summed E-state index contributed by atoms with van der Waals surface area (Å²) in [5.74, 6) is 1.09. The molecule has 5 nitrogen and oxygen atoms in total. The third-order valence-electron chi connectivity index (χ3n) is 4.71. The normalized spacial score (nSPS) is 14.8. The van der Waals surface area contributed by atoms with E-state index in [4.69, 9.17) is 0 Å². The van der Waals surface area contributed by atoms with Gasteiger partial charge in [0.2, 0.25) is 5.91 Å². The summed E-state index contributed by atoms with van der Waals surface area (Å²) < 4.78 is 40.3. The molecule has 3 aromatic rings. The molecule has 28 heavy (non-hydrogen) atoms. The summed E-state index contributed by atoms with van der Waals surface area (Å²) in [6, 6.07) is 10.6. The summed E-state index contributed by atoms with van der Waals surface area (Å²) >= 11 is 0. The van der Waals surface area contributed by atoms with Crippen molar-refractivity contribution in [1.29, 1.82) is 0 Å². The first-order valence-corrected chi connectivity index (χ1v) is 8.69. The van der Waals surface area contributed by atoms with Crippen LogP contribution in [0.2, 0.25) is 0 Å². The molecule has 1 N–H and O–H groups in total. The number of pyridine rings is 1. The lowest BCUT2D eigenvalue weighted by Gasteiger charge is -2.39. The average molecular weight is 386 g/mol. The van der Waals surface area contributed by atoms with Crippen LogP contribution >= 0.6 is 0 Å². The van der Waals surface area contributed by atoms with Crippen LogP contribution in [0.1, 0.15) is 5.56 Å². The summed E-state index contributed by atoms with van der Waals surface area (Å²) in [5, 5.41) is 2.83. The van der Waals surface area contributed by atoms with E-state index in [1.54, 1.807) is 0 Å². The molecule has 144 valence electrons. The Morgan fingerprint density at radius 2 is 1.89 bits per heavy atom. The molecular weight excluding hydrogens is 369 g/mol. The minimum Gasteiger partial charge on any atom is -0.351 e. The molecule has 2 aromatic heterocycles. The molecule has 1 amide bonds. The number of hydrogen-bond donors (Lipinski definition) is 1. The predicted octanol–water partition coefficient (Wildman–Crippen LogP) is 3.51. The van der Waals surface area contributed by atoms with Crippen molar-refractivity contribution in [1.82, 2.24) is 14.7 Å². The summed E-state index contributed by atoms with van der Waals surface area (Å²) in [5.41, 5.74) is 0.754. The maximum atomic E-state index is 12.8. The molecule has 1 aromatic carbocycles. The van der Waals surface area contributed by atoms with Crippen LogP contribution in [-0.2, 0) is 11.0 Å². The van der Waals surface area contributed by atoms with Gasteiger partial charge < -0.3 is 10.2 Å². The molecule has 0 atom stereocenters. The standard InChI is InChI=1S/C20H17F3N4O/c1-2-17(28)24-15-11-26(12-15)19-16-5-3-4-10-27(16)18(25-19)13-6-8-14(9-7-13)20(21,22)23/h2-10,15H,1,11-12H2,(H,24,28). The van der Waals surface area contributed by atoms with Gasteiger partial charge >= 0.3 is 6.18 Å². The van der Waals surface area contributed by atoms with E-state index in [2.05, 4.69) is 16.9 Å². The number of anilines is 1. The zero-order chi connectivity index (χ0) is 19.9. The zero-order valence-corrected chi connectivity index (χ0v) is 14.8. The van der Waals surface area contributed by atoms with Gasteiger partial charge in [-0.1, -0.05) is 24.8 Å². The van der Waals surface area contributed by atoms with Crippen LogP contribution in [0.3, 0.4) is 0 Å². The van der Waals surface area contributed by atoms with Crippen molar-refractivity contribution < 1.29 is 18.0 Å². The van der Waals surface area contributed by atoms with Gasteiger partial charge in [-0.05, 0) is 30.3 Å². The second-order valence-electron chi connectivity index (χ2n) is 6.60. The molecule has 3 heterocycles. The number of benzene rings is 1. The van der Waals surface area contributed by atoms with E-state index in [1.807, 2.05) is 33.7 Å². The van der Waals surface area contributed by atoms with E-state index in [1.165, 1.54) is 18.2 Å². The molecule has 1 aliphatic rings. The zero-order valence-electron chi connectivity index (χ0n) is 14.8. The van der Waals surface area contributed by atoms with Gasteiger partial charge in [0.05, 0.1) is 17.1 Å². The highest BCUT2D eigenvalue weighted by Gasteiger charge is 2.32. The number of aromatic nitrogens is 2. The molecule has 8 heteroatoms. The van der Waals surface area contributed by atoms with E-state index >= 15 is 0 Å². The lowest BCUT2D eigenvalue weighted by atomic mass is 10.1. The number of nitrogens with zero attached hydrogens (tertiary/aromatic N) is 3. The second-order valence-corrected chi connectivity index (χ2v) is 6.60. The predicted molar refractivity (Wildman–Crippen MR) is 100.0 cm³/mol. The van der Waals surface area contributed by atoms with Crippen molar-refractivity contribution in [2.45, 2.75) is 12.2 Å². The van der Waals surface area contributed by atoms with Crippen molar-refractivity contribution in [3.63, 3.8) is 0 Å². The van der Waals surface area contributed by atoms with Crippen LogP contribution in [-0.4, -0.2) is 34.4 Å². The molecule has 0 bridgehead atoms. The van der Waals surface area contributed by atoms with E-state index in [0.29, 0.717) is 24.5 Å². The Labute approximate surface area is 159 Å². The molecule has 1 saturated heterocycles. The highest BCUT2D eigenvalue weighted by molar-refractivity contribution is 5.87. The molecular formula is C20H17F3N4O. The summed E-state index contributed by atoms with van der Waals surface area (Å²) in [7, 11) is 0. The van der Waals surface area contributed by atoms with Gasteiger partial charge in [-0.25, -0.2) is 4.98 Å². The lowest BCUT2D eigenvalue weighted by molar-refractivity contribution is -0.137. The number of alkyl halides is 3. The van der Waals surface area contributed by atoms with E-state index in [9.17, 15) is 18.0 Å². The van der Waals surface area contributed by atoms with Crippen LogP contribution in [0.25, 0.3) is 16.9 Å². The molecule has 0 saturated carbocycles.